The van der Waals surface area contributed by atoms with Crippen LogP contribution in [0.3, 0.4) is 0 Å². The number of Topliss-reactive ketones (excluding diaryl/α,β-unsaturated/α-hetero) is 1. The summed E-state index contributed by atoms with van der Waals surface area (Å²) in [4.78, 5) is 23.4. The molecular formula is C10H8BrNO2. The van der Waals surface area contributed by atoms with Crippen LogP contribution < -0.4 is 5.32 Å². The molecule has 0 bridgehead atoms. The normalized spacial score (nSPS) is 25.6. The molecule has 1 aliphatic rings. The summed E-state index contributed by atoms with van der Waals surface area (Å²) in [5, 5.41) is 2.67. The minimum atomic E-state index is -1.14. The number of nitrogens with one attached hydrogen (secondary N) is 1. The third kappa shape index (κ3) is 1.18. The Labute approximate surface area is 89.6 Å². The van der Waals surface area contributed by atoms with Gasteiger partial charge in [-0.15, -0.1) is 0 Å². The molecular weight excluding hydrogens is 246 g/mol. The quantitative estimate of drug-likeness (QED) is 0.568. The first-order valence-corrected chi connectivity index (χ1v) is 4.97. The van der Waals surface area contributed by atoms with Gasteiger partial charge in [-0.2, -0.15) is 0 Å². The second-order valence-corrected chi connectivity index (χ2v) is 4.92. The lowest BCUT2D eigenvalue weighted by Gasteiger charge is -2.27. The van der Waals surface area contributed by atoms with Crippen molar-refractivity contribution < 1.29 is 9.59 Å². The third-order valence-corrected chi connectivity index (χ3v) is 2.99. The van der Waals surface area contributed by atoms with Crippen molar-refractivity contribution in [1.29, 1.82) is 0 Å². The molecule has 0 aliphatic carbocycles. The van der Waals surface area contributed by atoms with Gasteiger partial charge in [-0.3, -0.25) is 9.59 Å². The molecule has 0 spiro atoms. The molecule has 0 unspecified atom stereocenters. The van der Waals surface area contributed by atoms with Gasteiger partial charge in [0.1, 0.15) is 0 Å². The molecule has 1 N–H and O–H groups in total. The van der Waals surface area contributed by atoms with Gasteiger partial charge in [0.25, 0.3) is 0 Å². The van der Waals surface area contributed by atoms with E-state index in [1.165, 1.54) is 0 Å². The summed E-state index contributed by atoms with van der Waals surface area (Å²) in [5.74, 6) is -0.516. The zero-order valence-corrected chi connectivity index (χ0v) is 9.09. The van der Waals surface area contributed by atoms with Crippen molar-refractivity contribution in [2.75, 3.05) is 5.32 Å². The number of hydrogen-bond acceptors (Lipinski definition) is 2. The van der Waals surface area contributed by atoms with E-state index in [0.717, 1.165) is 0 Å². The first-order chi connectivity index (χ1) is 6.53. The van der Waals surface area contributed by atoms with Gasteiger partial charge in [-0.25, -0.2) is 0 Å². The predicted molar refractivity (Wildman–Crippen MR) is 56.7 cm³/mol. The Kier molecular flexibility index (Phi) is 1.96. The minimum Gasteiger partial charge on any atom is -0.324 e. The maximum absolute atomic E-state index is 11.8. The highest BCUT2D eigenvalue weighted by Gasteiger charge is 2.43. The molecule has 1 heterocycles. The van der Waals surface area contributed by atoms with Crippen LogP contribution in [0.1, 0.15) is 17.3 Å². The second kappa shape index (κ2) is 2.92. The van der Waals surface area contributed by atoms with Crippen LogP contribution in [0.25, 0.3) is 0 Å². The number of benzene rings is 1. The second-order valence-electron chi connectivity index (χ2n) is 3.33. The molecule has 72 valence electrons. The average molecular weight is 254 g/mol. The van der Waals surface area contributed by atoms with Crippen LogP contribution in [0, 0.1) is 0 Å². The summed E-state index contributed by atoms with van der Waals surface area (Å²) >= 11 is 3.13. The van der Waals surface area contributed by atoms with Crippen molar-refractivity contribution in [1.82, 2.24) is 0 Å². The van der Waals surface area contributed by atoms with E-state index in [1.54, 1.807) is 31.2 Å². The molecule has 1 aliphatic heterocycles. The zero-order valence-electron chi connectivity index (χ0n) is 7.50. The Morgan fingerprint density at radius 2 is 1.93 bits per heavy atom. The van der Waals surface area contributed by atoms with Crippen LogP contribution in [0.4, 0.5) is 5.69 Å². The Morgan fingerprint density at radius 1 is 1.29 bits per heavy atom. The fraction of sp³-hybridized carbons (Fsp3) is 0.200. The van der Waals surface area contributed by atoms with Crippen molar-refractivity contribution >= 4 is 33.3 Å². The molecule has 1 amide bonds. The number of ketones is 1. The Morgan fingerprint density at radius 3 is 2.64 bits per heavy atom. The largest absolute Gasteiger partial charge is 0.324 e. The van der Waals surface area contributed by atoms with E-state index in [0.29, 0.717) is 11.3 Å². The van der Waals surface area contributed by atoms with Crippen molar-refractivity contribution in [3.63, 3.8) is 0 Å². The van der Waals surface area contributed by atoms with Crippen molar-refractivity contribution in [2.24, 2.45) is 0 Å². The van der Waals surface area contributed by atoms with Crippen molar-refractivity contribution in [2.45, 2.75) is 11.2 Å². The number of amides is 1. The fourth-order valence-electron chi connectivity index (χ4n) is 1.39. The highest BCUT2D eigenvalue weighted by molar-refractivity contribution is 9.10. The molecule has 0 saturated heterocycles. The number of carbonyl (C=O) groups excluding carboxylic acids is 2. The zero-order chi connectivity index (χ0) is 10.3. The molecule has 0 fully saturated rings. The topological polar surface area (TPSA) is 46.2 Å². The lowest BCUT2D eigenvalue weighted by atomic mass is 9.93. The Balaban J connectivity index is 2.61. The molecule has 0 aromatic heterocycles. The van der Waals surface area contributed by atoms with Gasteiger partial charge >= 0.3 is 0 Å². The van der Waals surface area contributed by atoms with Crippen LogP contribution in [-0.4, -0.2) is 16.0 Å². The van der Waals surface area contributed by atoms with Gasteiger partial charge in [-0.1, -0.05) is 28.1 Å². The molecule has 1 aromatic carbocycles. The number of anilines is 1. The van der Waals surface area contributed by atoms with E-state index < -0.39 is 4.32 Å². The number of para-hydroxylation sites is 1. The molecule has 4 heteroatoms. The molecule has 1 aromatic rings. The van der Waals surface area contributed by atoms with E-state index in [4.69, 9.17) is 0 Å². The van der Waals surface area contributed by atoms with Crippen LogP contribution in [-0.2, 0) is 4.79 Å². The standard InChI is InChI=1S/C10H8BrNO2/c1-10(11)8(13)6-4-2-3-5-7(6)12-9(10)14/h2-5H,1H3,(H,12,14)/t10-/m0/s1. The number of alkyl halides is 1. The maximum Gasteiger partial charge on any atom is 0.248 e. The molecule has 2 rings (SSSR count). The van der Waals surface area contributed by atoms with E-state index in [-0.39, 0.29) is 11.7 Å². The highest BCUT2D eigenvalue weighted by atomic mass is 79.9. The summed E-state index contributed by atoms with van der Waals surface area (Å²) in [5.41, 5.74) is 1.13. The van der Waals surface area contributed by atoms with Gasteiger partial charge in [-0.05, 0) is 19.1 Å². The summed E-state index contributed by atoms with van der Waals surface area (Å²) in [6, 6.07) is 6.98. The molecule has 0 saturated carbocycles. The summed E-state index contributed by atoms with van der Waals surface area (Å²) in [6.07, 6.45) is 0. The lowest BCUT2D eigenvalue weighted by Crippen LogP contribution is -2.45. The summed E-state index contributed by atoms with van der Waals surface area (Å²) < 4.78 is -1.14. The third-order valence-electron chi connectivity index (χ3n) is 2.27. The number of rotatable bonds is 0. The van der Waals surface area contributed by atoms with Crippen LogP contribution in [0.15, 0.2) is 24.3 Å². The van der Waals surface area contributed by atoms with Gasteiger partial charge in [0.15, 0.2) is 10.1 Å². The first-order valence-electron chi connectivity index (χ1n) is 4.17. The average Bonchev–Trinajstić information content (AvgIpc) is 2.15. The molecule has 0 radical (unpaired) electrons. The number of halogens is 1. The molecule has 14 heavy (non-hydrogen) atoms. The summed E-state index contributed by atoms with van der Waals surface area (Å²) in [7, 11) is 0. The Bertz CT molecular complexity index is 426. The fourth-order valence-corrected chi connectivity index (χ4v) is 1.70. The maximum atomic E-state index is 11.8. The number of hydrogen-bond donors (Lipinski definition) is 1. The van der Waals surface area contributed by atoms with Crippen molar-refractivity contribution in [3.8, 4) is 0 Å². The van der Waals surface area contributed by atoms with Crippen LogP contribution in [0.5, 0.6) is 0 Å². The van der Waals surface area contributed by atoms with Gasteiger partial charge < -0.3 is 5.32 Å². The van der Waals surface area contributed by atoms with Gasteiger partial charge in [0.05, 0.1) is 5.69 Å². The SMILES string of the molecule is C[C@@]1(Br)C(=O)Nc2ccccc2C1=O. The first kappa shape index (κ1) is 9.40. The van der Waals surface area contributed by atoms with E-state index >= 15 is 0 Å². The van der Waals surface area contributed by atoms with Crippen LogP contribution in [0.2, 0.25) is 0 Å². The number of carbonyl (C=O) groups is 2. The van der Waals surface area contributed by atoms with E-state index in [1.807, 2.05) is 0 Å². The summed E-state index contributed by atoms with van der Waals surface area (Å²) in [6.45, 7) is 1.56. The van der Waals surface area contributed by atoms with Gasteiger partial charge in [0, 0.05) is 5.56 Å². The minimum absolute atomic E-state index is 0.197. The van der Waals surface area contributed by atoms with Gasteiger partial charge in [0.2, 0.25) is 5.91 Å². The highest BCUT2D eigenvalue weighted by Crippen LogP contribution is 2.32. The van der Waals surface area contributed by atoms with Crippen LogP contribution >= 0.6 is 15.9 Å². The van der Waals surface area contributed by atoms with Crippen molar-refractivity contribution in [3.05, 3.63) is 29.8 Å². The predicted octanol–water partition coefficient (Wildman–Crippen LogP) is 1.97. The van der Waals surface area contributed by atoms with E-state index in [2.05, 4.69) is 21.2 Å². The Hall–Kier alpha value is -1.16. The molecule has 1 atom stereocenters. The van der Waals surface area contributed by atoms with E-state index in [9.17, 15) is 9.59 Å². The monoisotopic (exact) mass is 253 g/mol. The lowest BCUT2D eigenvalue weighted by molar-refractivity contribution is -0.117. The smallest absolute Gasteiger partial charge is 0.248 e. The molecule has 3 nitrogen and oxygen atoms in total. The number of fused-ring (bicyclic) bond motifs is 1.